The first kappa shape index (κ1) is 37.2. The number of ether oxygens (including phenoxy) is 2. The summed E-state index contributed by atoms with van der Waals surface area (Å²) in [5, 5.41) is 0.381. The van der Waals surface area contributed by atoms with Crippen molar-refractivity contribution < 1.29 is 27.3 Å². The maximum atomic E-state index is 14.1. The molecule has 3 fully saturated rings. The van der Waals surface area contributed by atoms with Gasteiger partial charge >= 0.3 is 0 Å². The van der Waals surface area contributed by atoms with Crippen molar-refractivity contribution in [2.45, 2.75) is 120 Å². The Bertz CT molecular complexity index is 982. The van der Waals surface area contributed by atoms with E-state index in [-0.39, 0.29) is 39.1 Å². The first-order valence-corrected chi connectivity index (χ1v) is 23.3. The molecule has 0 saturated carbocycles. The van der Waals surface area contributed by atoms with E-state index in [9.17, 15) is 9.00 Å². The van der Waals surface area contributed by atoms with Gasteiger partial charge in [0.25, 0.3) is 5.91 Å². The Kier molecular flexibility index (Phi) is 13.8. The molecule has 3 aliphatic rings. The van der Waals surface area contributed by atoms with Crippen molar-refractivity contribution in [3.63, 3.8) is 0 Å². The number of thioether (sulfide) groups is 2. The van der Waals surface area contributed by atoms with Gasteiger partial charge in [0.2, 0.25) is 5.91 Å². The second kappa shape index (κ2) is 15.5. The zero-order chi connectivity index (χ0) is 31.5. The van der Waals surface area contributed by atoms with E-state index < -0.39 is 41.1 Å². The van der Waals surface area contributed by atoms with E-state index in [0.29, 0.717) is 30.2 Å². The van der Waals surface area contributed by atoms with Gasteiger partial charge in [-0.25, -0.2) is 0 Å². The van der Waals surface area contributed by atoms with E-state index in [1.807, 2.05) is 0 Å². The number of β-lactam (4-membered cyclic amide) rings is 1. The van der Waals surface area contributed by atoms with Crippen molar-refractivity contribution in [2.24, 2.45) is 5.92 Å². The third-order valence-electron chi connectivity index (χ3n) is 8.31. The second-order valence-electron chi connectivity index (χ2n) is 13.7. The van der Waals surface area contributed by atoms with Gasteiger partial charge in [0.05, 0.1) is 19.1 Å². The largest absolute Gasteiger partial charge is 0.396 e. The summed E-state index contributed by atoms with van der Waals surface area (Å²) >= 11 is 15.1. The Morgan fingerprint density at radius 1 is 1.19 bits per heavy atom. The predicted molar refractivity (Wildman–Crippen MR) is 188 cm³/mol. The van der Waals surface area contributed by atoms with Crippen molar-refractivity contribution in [1.29, 1.82) is 0 Å². The van der Waals surface area contributed by atoms with Gasteiger partial charge < -0.3 is 18.3 Å². The van der Waals surface area contributed by atoms with Crippen molar-refractivity contribution in [2.75, 3.05) is 24.7 Å². The van der Waals surface area contributed by atoms with E-state index in [4.69, 9.17) is 42.1 Å². The minimum atomic E-state index is -1.65. The van der Waals surface area contributed by atoms with Crippen LogP contribution in [0.1, 0.15) is 73.6 Å². The molecule has 0 bridgehead atoms. The third-order valence-corrected chi connectivity index (χ3v) is 19.4. The number of carbonyl (C=O) groups excluding carboxylic acids is 1. The Labute approximate surface area is 278 Å². The number of rotatable bonds is 12. The van der Waals surface area contributed by atoms with Crippen LogP contribution in [0.25, 0.3) is 0 Å². The summed E-state index contributed by atoms with van der Waals surface area (Å²) in [6.07, 6.45) is 3.19. The smallest absolute Gasteiger partial charge is 0.255 e. The molecule has 14 heteroatoms. The summed E-state index contributed by atoms with van der Waals surface area (Å²) in [5.74, 6) is -0.254. The number of likely N-dealkylation sites (tertiary alicyclic amines) is 1. The standard InChI is InChI=1S/C28H50ClNO6S4Si2/c1-19(29)17-34-28(13-10-11-14-33-28)30-23(31)21(24(30)39-25(37)38-20-12-15-40(32)18-20)16-22(35-41(8)26(2,3)4)36-42(9)27(5,6)7/h20-22,24,41-42H,1,10-18H2,2-9H3/t20?,21-,22?,24+,28?,40?,41?,42?/m0/s1. The number of hydrogen-bond donors (Lipinski definition) is 0. The highest BCUT2D eigenvalue weighted by Crippen LogP contribution is 2.49. The molecule has 42 heavy (non-hydrogen) atoms. The van der Waals surface area contributed by atoms with Gasteiger partial charge in [-0.05, 0) is 42.4 Å². The van der Waals surface area contributed by atoms with Crippen LogP contribution in [0.3, 0.4) is 0 Å². The first-order chi connectivity index (χ1) is 19.4. The van der Waals surface area contributed by atoms with Gasteiger partial charge in [0.1, 0.15) is 15.2 Å². The van der Waals surface area contributed by atoms with Crippen LogP contribution in [0.4, 0.5) is 0 Å². The SMILES string of the molecule is C=C(Cl)COC1(N2C(=O)[C@H](CC(O[SiH](C)C(C)(C)C)O[SiH](C)C(C)(C)C)[C@H]2SC(=S)SC2CCS(=O)C2)CCCCO1. The highest BCUT2D eigenvalue weighted by atomic mass is 35.5. The topological polar surface area (TPSA) is 74.3 Å². The minimum absolute atomic E-state index is 0.0447. The van der Waals surface area contributed by atoms with E-state index in [2.05, 4.69) is 61.2 Å². The highest BCUT2D eigenvalue weighted by Gasteiger charge is 2.60. The lowest BCUT2D eigenvalue weighted by Gasteiger charge is -2.56. The van der Waals surface area contributed by atoms with Crippen molar-refractivity contribution in [3.05, 3.63) is 11.6 Å². The van der Waals surface area contributed by atoms with E-state index in [1.165, 1.54) is 11.8 Å². The average molecular weight is 717 g/mol. The van der Waals surface area contributed by atoms with Crippen molar-refractivity contribution in [1.82, 2.24) is 4.90 Å². The molecule has 0 aromatic heterocycles. The molecule has 242 valence electrons. The van der Waals surface area contributed by atoms with Gasteiger partial charge in [-0.15, -0.1) is 11.8 Å². The summed E-state index contributed by atoms with van der Waals surface area (Å²) < 4.78 is 38.6. The van der Waals surface area contributed by atoms with Crippen molar-refractivity contribution in [3.8, 4) is 0 Å². The van der Waals surface area contributed by atoms with Gasteiger partial charge in [-0.1, -0.05) is 83.7 Å². The van der Waals surface area contributed by atoms with Gasteiger partial charge in [0.15, 0.2) is 18.1 Å². The van der Waals surface area contributed by atoms with Crippen LogP contribution in [-0.2, 0) is 33.9 Å². The molecule has 0 N–H and O–H groups in total. The van der Waals surface area contributed by atoms with E-state index in [0.717, 1.165) is 28.5 Å². The lowest BCUT2D eigenvalue weighted by molar-refractivity contribution is -0.337. The molecule has 3 heterocycles. The number of halogens is 1. The lowest BCUT2D eigenvalue weighted by Crippen LogP contribution is -2.71. The second-order valence-corrected chi connectivity index (χ2v) is 26.0. The fraction of sp³-hybridized carbons (Fsp3) is 0.857. The van der Waals surface area contributed by atoms with Crippen LogP contribution >= 0.6 is 47.3 Å². The highest BCUT2D eigenvalue weighted by molar-refractivity contribution is 8.47. The summed E-state index contributed by atoms with van der Waals surface area (Å²) in [7, 11) is -4.08. The fourth-order valence-corrected chi connectivity index (χ4v) is 12.3. The number of hydrogen-bond acceptors (Lipinski definition) is 9. The van der Waals surface area contributed by atoms with Crippen molar-refractivity contribution >= 4 is 85.7 Å². The number of nitrogens with zero attached hydrogens (tertiary/aromatic N) is 1. The quantitative estimate of drug-likeness (QED) is 0.0948. The average Bonchev–Trinajstić information content (AvgIpc) is 3.29. The van der Waals surface area contributed by atoms with E-state index in [1.54, 1.807) is 16.7 Å². The molecular weight excluding hydrogens is 666 g/mol. The molecule has 3 aliphatic heterocycles. The molecular formula is C28H50ClNO6S4Si2. The molecule has 1 amide bonds. The zero-order valence-corrected chi connectivity index (χ0v) is 32.8. The fourth-order valence-electron chi connectivity index (χ4n) is 4.76. The molecule has 0 aromatic carbocycles. The monoisotopic (exact) mass is 715 g/mol. The predicted octanol–water partition coefficient (Wildman–Crippen LogP) is 6.72. The zero-order valence-electron chi connectivity index (χ0n) is 26.4. The molecule has 0 aliphatic carbocycles. The molecule has 7 nitrogen and oxygen atoms in total. The third kappa shape index (κ3) is 10.1. The maximum Gasteiger partial charge on any atom is 0.255 e. The van der Waals surface area contributed by atoms with E-state index >= 15 is 0 Å². The lowest BCUT2D eigenvalue weighted by atomic mass is 9.91. The summed E-state index contributed by atoms with van der Waals surface area (Å²) in [4.78, 5) is 15.9. The van der Waals surface area contributed by atoms with Gasteiger partial charge in [0, 0.05) is 45.4 Å². The Hall–Kier alpha value is 0.714. The van der Waals surface area contributed by atoms with Crippen LogP contribution in [0, 0.1) is 5.92 Å². The molecule has 7 atom stereocenters. The van der Waals surface area contributed by atoms with Crippen LogP contribution < -0.4 is 0 Å². The summed E-state index contributed by atoms with van der Waals surface area (Å²) in [6, 6.07) is 0. The van der Waals surface area contributed by atoms with Crippen LogP contribution in [0.5, 0.6) is 0 Å². The number of amides is 1. The number of thiocarbonyl (C=S) groups is 1. The van der Waals surface area contributed by atoms with Crippen LogP contribution in [-0.4, -0.2) is 84.2 Å². The molecule has 0 radical (unpaired) electrons. The molecule has 3 saturated heterocycles. The van der Waals surface area contributed by atoms with Crippen LogP contribution in [0.15, 0.2) is 11.6 Å². The Balaban J connectivity index is 1.88. The normalized spacial score (nSPS) is 31.0. The van der Waals surface area contributed by atoms with Gasteiger partial charge in [-0.2, -0.15) is 0 Å². The first-order valence-electron chi connectivity index (χ1n) is 14.9. The van der Waals surface area contributed by atoms with Crippen LogP contribution in [0.2, 0.25) is 23.2 Å². The number of carbonyl (C=O) groups is 1. The molecule has 5 unspecified atom stereocenters. The Morgan fingerprint density at radius 2 is 1.81 bits per heavy atom. The molecule has 3 rings (SSSR count). The minimum Gasteiger partial charge on any atom is -0.396 e. The summed E-state index contributed by atoms with van der Waals surface area (Å²) in [6.45, 7) is 22.0. The molecule has 0 aromatic rings. The Morgan fingerprint density at radius 3 is 2.29 bits per heavy atom. The molecule has 0 spiro atoms. The van der Waals surface area contributed by atoms with Gasteiger partial charge in [-0.3, -0.25) is 13.9 Å². The maximum absolute atomic E-state index is 14.1. The summed E-state index contributed by atoms with van der Waals surface area (Å²) in [5.41, 5.74) is 0.